The van der Waals surface area contributed by atoms with Crippen molar-refractivity contribution in [1.82, 2.24) is 10.6 Å². The molecule has 0 amide bonds. The topological polar surface area (TPSA) is 24.1 Å². The molecular weight excluding hydrogens is 136 g/mol. The molecule has 0 aromatic rings. The number of piperidine rings is 1. The van der Waals surface area contributed by atoms with E-state index in [0.29, 0.717) is 5.54 Å². The van der Waals surface area contributed by atoms with Gasteiger partial charge in [0.05, 0.1) is 0 Å². The Balaban J connectivity index is 2.03. The molecule has 2 nitrogen and oxygen atoms in total. The predicted molar refractivity (Wildman–Crippen MR) is 46.3 cm³/mol. The summed E-state index contributed by atoms with van der Waals surface area (Å²) in [4.78, 5) is 0. The summed E-state index contributed by atoms with van der Waals surface area (Å²) in [5.41, 5.74) is 1.68. The van der Waals surface area contributed by atoms with E-state index in [0.717, 1.165) is 0 Å². The van der Waals surface area contributed by atoms with Crippen LogP contribution in [0.1, 0.15) is 25.7 Å². The molecule has 2 aliphatic heterocycles. The fourth-order valence-corrected chi connectivity index (χ4v) is 2.17. The predicted octanol–water partition coefficient (Wildman–Crippen LogP) is 1.01. The summed E-state index contributed by atoms with van der Waals surface area (Å²) in [5, 5.41) is 6.92. The Labute approximate surface area is 68.1 Å². The van der Waals surface area contributed by atoms with Crippen molar-refractivity contribution in [2.45, 2.75) is 31.2 Å². The second-order valence-electron chi connectivity index (χ2n) is 3.76. The number of rotatable bonds is 0. The van der Waals surface area contributed by atoms with Crippen LogP contribution in [0.3, 0.4) is 0 Å². The third-order valence-corrected chi connectivity index (χ3v) is 2.91. The molecule has 2 aliphatic rings. The molecule has 2 heterocycles. The van der Waals surface area contributed by atoms with Crippen LogP contribution < -0.4 is 10.6 Å². The Hall–Kier alpha value is -0.500. The maximum atomic E-state index is 3.97. The van der Waals surface area contributed by atoms with Crippen molar-refractivity contribution >= 4 is 0 Å². The quantitative estimate of drug-likeness (QED) is 0.541. The minimum Gasteiger partial charge on any atom is -0.383 e. The van der Waals surface area contributed by atoms with Gasteiger partial charge in [0, 0.05) is 11.2 Å². The van der Waals surface area contributed by atoms with E-state index >= 15 is 0 Å². The van der Waals surface area contributed by atoms with E-state index in [-0.39, 0.29) is 0 Å². The third kappa shape index (κ3) is 1.27. The molecule has 1 spiro atoms. The fraction of sp³-hybridized carbons (Fsp3) is 0.778. The van der Waals surface area contributed by atoms with Crippen LogP contribution in [-0.4, -0.2) is 18.6 Å². The van der Waals surface area contributed by atoms with E-state index in [1.807, 2.05) is 0 Å². The van der Waals surface area contributed by atoms with Gasteiger partial charge in [-0.2, -0.15) is 0 Å². The number of hydrogen-bond donors (Lipinski definition) is 2. The van der Waals surface area contributed by atoms with E-state index < -0.39 is 0 Å². The monoisotopic (exact) mass is 152 g/mol. The zero-order valence-electron chi connectivity index (χ0n) is 6.95. The van der Waals surface area contributed by atoms with Crippen molar-refractivity contribution in [2.24, 2.45) is 0 Å². The van der Waals surface area contributed by atoms with E-state index in [1.54, 1.807) is 0 Å². The summed E-state index contributed by atoms with van der Waals surface area (Å²) in [6.07, 6.45) is 5.02. The Bertz CT molecular complexity index is 168. The van der Waals surface area contributed by atoms with Crippen molar-refractivity contribution in [2.75, 3.05) is 13.1 Å². The molecule has 2 heteroatoms. The minimum absolute atomic E-state index is 0.433. The minimum atomic E-state index is 0.433. The lowest BCUT2D eigenvalue weighted by molar-refractivity contribution is 0.282. The van der Waals surface area contributed by atoms with Gasteiger partial charge >= 0.3 is 0 Å². The second kappa shape index (κ2) is 2.52. The highest BCUT2D eigenvalue weighted by atomic mass is 15.1. The van der Waals surface area contributed by atoms with Gasteiger partial charge in [-0.25, -0.2) is 0 Å². The molecule has 0 radical (unpaired) electrons. The molecule has 0 aromatic heterocycles. The van der Waals surface area contributed by atoms with Crippen molar-refractivity contribution in [3.63, 3.8) is 0 Å². The lowest BCUT2D eigenvalue weighted by Crippen LogP contribution is -2.47. The van der Waals surface area contributed by atoms with Crippen LogP contribution in [0.5, 0.6) is 0 Å². The smallest absolute Gasteiger partial charge is 0.0398 e. The van der Waals surface area contributed by atoms with E-state index in [9.17, 15) is 0 Å². The Morgan fingerprint density at radius 3 is 2.45 bits per heavy atom. The Kier molecular flexibility index (Phi) is 1.64. The zero-order chi connectivity index (χ0) is 7.73. The average Bonchev–Trinajstić information content (AvgIpc) is 2.34. The molecule has 0 bridgehead atoms. The van der Waals surface area contributed by atoms with Gasteiger partial charge in [-0.3, -0.25) is 0 Å². The molecule has 2 N–H and O–H groups in total. The van der Waals surface area contributed by atoms with Crippen LogP contribution in [0.15, 0.2) is 12.3 Å². The number of hydrogen-bond acceptors (Lipinski definition) is 2. The van der Waals surface area contributed by atoms with Crippen LogP contribution in [-0.2, 0) is 0 Å². The lowest BCUT2D eigenvalue weighted by Gasteiger charge is -2.34. The molecule has 2 saturated heterocycles. The van der Waals surface area contributed by atoms with Crippen LogP contribution in [0, 0.1) is 0 Å². The summed E-state index contributed by atoms with van der Waals surface area (Å²) < 4.78 is 0. The van der Waals surface area contributed by atoms with E-state index in [2.05, 4.69) is 17.2 Å². The summed E-state index contributed by atoms with van der Waals surface area (Å²) in [5.74, 6) is 0. The van der Waals surface area contributed by atoms with Crippen molar-refractivity contribution in [1.29, 1.82) is 0 Å². The second-order valence-corrected chi connectivity index (χ2v) is 3.76. The Morgan fingerprint density at radius 1 is 1.18 bits per heavy atom. The molecule has 0 saturated carbocycles. The first kappa shape index (κ1) is 7.17. The van der Waals surface area contributed by atoms with Crippen LogP contribution in [0.25, 0.3) is 0 Å². The number of allylic oxidation sites excluding steroid dienone is 1. The molecule has 0 aromatic carbocycles. The van der Waals surface area contributed by atoms with E-state index in [1.165, 1.54) is 44.5 Å². The van der Waals surface area contributed by atoms with Gasteiger partial charge in [-0.1, -0.05) is 6.58 Å². The molecule has 2 fully saturated rings. The average molecular weight is 152 g/mol. The summed E-state index contributed by atoms with van der Waals surface area (Å²) in [7, 11) is 0. The Morgan fingerprint density at radius 2 is 1.91 bits per heavy atom. The van der Waals surface area contributed by atoms with Gasteiger partial charge in [0.15, 0.2) is 0 Å². The van der Waals surface area contributed by atoms with Crippen LogP contribution in [0.2, 0.25) is 0 Å². The van der Waals surface area contributed by atoms with Crippen LogP contribution in [0.4, 0.5) is 0 Å². The van der Waals surface area contributed by atoms with Gasteiger partial charge in [0.2, 0.25) is 0 Å². The van der Waals surface area contributed by atoms with Gasteiger partial charge in [-0.05, 0) is 38.8 Å². The normalized spacial score (nSPS) is 28.9. The lowest BCUT2D eigenvalue weighted by atomic mass is 9.87. The van der Waals surface area contributed by atoms with E-state index in [4.69, 9.17) is 0 Å². The van der Waals surface area contributed by atoms with Gasteiger partial charge < -0.3 is 10.6 Å². The summed E-state index contributed by atoms with van der Waals surface area (Å²) >= 11 is 0. The highest BCUT2D eigenvalue weighted by Crippen LogP contribution is 2.31. The maximum absolute atomic E-state index is 3.97. The first-order valence-corrected chi connectivity index (χ1v) is 4.47. The molecule has 62 valence electrons. The van der Waals surface area contributed by atoms with Crippen LogP contribution >= 0.6 is 0 Å². The van der Waals surface area contributed by atoms with Crippen molar-refractivity contribution < 1.29 is 0 Å². The third-order valence-electron chi connectivity index (χ3n) is 2.91. The van der Waals surface area contributed by atoms with Gasteiger partial charge in [-0.15, -0.1) is 0 Å². The molecule has 0 unspecified atom stereocenters. The standard InChI is InChI=1S/C9H16N2/c1-8-2-3-9(11-8)4-6-10-7-5-9/h10-11H,1-7H2. The molecule has 2 rings (SSSR count). The molecule has 0 atom stereocenters. The molecule has 0 aliphatic carbocycles. The highest BCUT2D eigenvalue weighted by Gasteiger charge is 2.35. The van der Waals surface area contributed by atoms with Crippen molar-refractivity contribution in [3.05, 3.63) is 12.3 Å². The molecule has 11 heavy (non-hydrogen) atoms. The summed E-state index contributed by atoms with van der Waals surface area (Å²) in [6.45, 7) is 6.31. The molecular formula is C9H16N2. The van der Waals surface area contributed by atoms with Gasteiger partial charge in [0.25, 0.3) is 0 Å². The SMILES string of the molecule is C=C1CCC2(CCNCC2)N1. The fourth-order valence-electron chi connectivity index (χ4n) is 2.17. The highest BCUT2D eigenvalue weighted by molar-refractivity contribution is 5.10. The van der Waals surface area contributed by atoms with Crippen molar-refractivity contribution in [3.8, 4) is 0 Å². The van der Waals surface area contributed by atoms with Gasteiger partial charge in [0.1, 0.15) is 0 Å². The summed E-state index contributed by atoms with van der Waals surface area (Å²) in [6, 6.07) is 0. The largest absolute Gasteiger partial charge is 0.383 e. The zero-order valence-corrected chi connectivity index (χ0v) is 6.95. The first-order chi connectivity index (χ1) is 5.31. The number of nitrogens with one attached hydrogen (secondary N) is 2. The first-order valence-electron chi connectivity index (χ1n) is 4.47. The maximum Gasteiger partial charge on any atom is 0.0398 e.